The third kappa shape index (κ3) is 5.69. The summed E-state index contributed by atoms with van der Waals surface area (Å²) >= 11 is 1.28. The number of hydrogen-bond acceptors (Lipinski definition) is 8. The fourth-order valence-electron chi connectivity index (χ4n) is 4.87. The van der Waals surface area contributed by atoms with Crippen molar-refractivity contribution in [3.8, 4) is 17.2 Å². The molecule has 1 saturated heterocycles. The summed E-state index contributed by atoms with van der Waals surface area (Å²) in [6.07, 6.45) is 1.89. The number of fused-ring (bicyclic) bond motifs is 1. The molecule has 1 aliphatic rings. The number of aliphatic hydroxyl groups excluding tert-OH is 1. The Morgan fingerprint density at radius 3 is 2.40 bits per heavy atom. The molecule has 0 saturated carbocycles. The number of carbonyl (C=O) groups excluding carboxylic acids is 2. The number of rotatable bonds is 11. The Labute approximate surface area is 249 Å². The van der Waals surface area contributed by atoms with Crippen molar-refractivity contribution in [1.82, 2.24) is 4.98 Å². The van der Waals surface area contributed by atoms with Crippen molar-refractivity contribution >= 4 is 44.1 Å². The van der Waals surface area contributed by atoms with Crippen molar-refractivity contribution in [2.75, 3.05) is 24.7 Å². The number of ether oxygens (including phenoxy) is 3. The van der Waals surface area contributed by atoms with Crippen LogP contribution < -0.4 is 19.1 Å². The van der Waals surface area contributed by atoms with Gasteiger partial charge in [0.25, 0.3) is 5.78 Å². The molecular formula is C33H34N2O6S. The highest BCUT2D eigenvalue weighted by Gasteiger charge is 2.48. The first-order chi connectivity index (χ1) is 20.4. The van der Waals surface area contributed by atoms with Gasteiger partial charge < -0.3 is 19.3 Å². The van der Waals surface area contributed by atoms with Crippen LogP contribution in [0, 0.1) is 6.92 Å². The number of hydrogen-bond donors (Lipinski definition) is 1. The van der Waals surface area contributed by atoms with Crippen LogP contribution in [0.4, 0.5) is 5.13 Å². The quantitative estimate of drug-likeness (QED) is 0.0858. The smallest absolute Gasteiger partial charge is 0.301 e. The largest absolute Gasteiger partial charge is 0.507 e. The molecule has 42 heavy (non-hydrogen) atoms. The van der Waals surface area contributed by atoms with Crippen molar-refractivity contribution in [2.24, 2.45) is 0 Å². The van der Waals surface area contributed by atoms with Crippen LogP contribution in [0.3, 0.4) is 0 Å². The van der Waals surface area contributed by atoms with Crippen molar-refractivity contribution in [3.63, 3.8) is 0 Å². The standard InChI is InChI=1S/C33H34N2O6S/c1-5-8-17-41-25-16-13-22(18-26(25)40-7-3)29-28(30(36)21-11-9-20(4)10-12-21)31(37)32(38)35(29)33-34-24-15-14-23(39-6-2)19-27(24)42-33/h9-16,18-19,29,36H,5-8,17H2,1-4H3/b30-28+. The van der Waals surface area contributed by atoms with Crippen LogP contribution in [0.25, 0.3) is 16.0 Å². The minimum absolute atomic E-state index is 0.0137. The molecule has 8 nitrogen and oxygen atoms in total. The first kappa shape index (κ1) is 29.1. The number of Topliss-reactive ketones (excluding diaryl/α,β-unsaturated/α-hetero) is 1. The molecule has 2 heterocycles. The lowest BCUT2D eigenvalue weighted by molar-refractivity contribution is -0.132. The van der Waals surface area contributed by atoms with E-state index in [0.717, 1.165) is 23.1 Å². The SMILES string of the molecule is CCCCOc1ccc(C2/C(=C(\O)c3ccc(C)cc3)C(=O)C(=O)N2c2nc3ccc(OCC)cc3s2)cc1OCC. The Balaban J connectivity index is 1.67. The Morgan fingerprint density at radius 2 is 1.69 bits per heavy atom. The minimum Gasteiger partial charge on any atom is -0.507 e. The maximum Gasteiger partial charge on any atom is 0.301 e. The van der Waals surface area contributed by atoms with E-state index in [1.54, 1.807) is 30.3 Å². The van der Waals surface area contributed by atoms with Gasteiger partial charge in [0.05, 0.1) is 41.7 Å². The lowest BCUT2D eigenvalue weighted by atomic mass is 9.95. The van der Waals surface area contributed by atoms with Gasteiger partial charge in [-0.25, -0.2) is 4.98 Å². The first-order valence-electron chi connectivity index (χ1n) is 14.2. The number of ketones is 1. The van der Waals surface area contributed by atoms with Gasteiger partial charge in [-0.15, -0.1) is 0 Å². The summed E-state index contributed by atoms with van der Waals surface area (Å²) in [4.78, 5) is 33.4. The Hall–Kier alpha value is -4.37. The summed E-state index contributed by atoms with van der Waals surface area (Å²) in [7, 11) is 0. The van der Waals surface area contributed by atoms with Gasteiger partial charge in [0.1, 0.15) is 11.5 Å². The Morgan fingerprint density at radius 1 is 0.929 bits per heavy atom. The Bertz CT molecular complexity index is 1640. The van der Waals surface area contributed by atoms with E-state index in [0.29, 0.717) is 58.8 Å². The molecule has 1 unspecified atom stereocenters. The van der Waals surface area contributed by atoms with E-state index in [4.69, 9.17) is 19.2 Å². The highest BCUT2D eigenvalue weighted by molar-refractivity contribution is 7.22. The number of benzene rings is 3. The molecule has 1 atom stereocenters. The highest BCUT2D eigenvalue weighted by Crippen LogP contribution is 2.46. The highest BCUT2D eigenvalue weighted by atomic mass is 32.1. The van der Waals surface area contributed by atoms with Crippen molar-refractivity contribution < 1.29 is 28.9 Å². The zero-order valence-electron chi connectivity index (χ0n) is 24.2. The zero-order chi connectivity index (χ0) is 29.8. The predicted octanol–water partition coefficient (Wildman–Crippen LogP) is 7.21. The zero-order valence-corrected chi connectivity index (χ0v) is 25.0. The monoisotopic (exact) mass is 586 g/mol. The van der Waals surface area contributed by atoms with E-state index in [1.807, 2.05) is 51.1 Å². The first-order valence-corrected chi connectivity index (χ1v) is 15.0. The number of aliphatic hydroxyl groups is 1. The Kier molecular flexibility index (Phi) is 8.77. The maximum atomic E-state index is 13.7. The van der Waals surface area contributed by atoms with Gasteiger partial charge in [0.15, 0.2) is 16.6 Å². The lowest BCUT2D eigenvalue weighted by Gasteiger charge is -2.24. The third-order valence-corrected chi connectivity index (χ3v) is 7.99. The van der Waals surface area contributed by atoms with Crippen molar-refractivity contribution in [3.05, 3.63) is 82.9 Å². The fourth-order valence-corrected chi connectivity index (χ4v) is 5.89. The number of amides is 1. The lowest BCUT2D eigenvalue weighted by Crippen LogP contribution is -2.29. The number of thiazole rings is 1. The van der Waals surface area contributed by atoms with Crippen molar-refractivity contribution in [1.29, 1.82) is 0 Å². The average molecular weight is 587 g/mol. The molecule has 0 radical (unpaired) electrons. The van der Waals surface area contributed by atoms with Crippen LogP contribution in [0.1, 0.15) is 56.3 Å². The van der Waals surface area contributed by atoms with E-state index in [2.05, 4.69) is 6.92 Å². The minimum atomic E-state index is -0.942. The van der Waals surface area contributed by atoms with Gasteiger partial charge >= 0.3 is 5.91 Å². The molecule has 1 N–H and O–H groups in total. The molecule has 1 amide bonds. The number of carbonyl (C=O) groups is 2. The summed E-state index contributed by atoms with van der Waals surface area (Å²) in [6, 6.07) is 17.1. The second-order valence-electron chi connectivity index (χ2n) is 9.94. The molecule has 0 aliphatic carbocycles. The number of unbranched alkanes of at least 4 members (excludes halogenated alkanes) is 1. The summed E-state index contributed by atoms with van der Waals surface area (Å²) in [5.74, 6) is -0.0294. The van der Waals surface area contributed by atoms with E-state index in [9.17, 15) is 14.7 Å². The second-order valence-corrected chi connectivity index (χ2v) is 10.9. The molecule has 1 aliphatic heterocycles. The molecule has 218 valence electrons. The molecule has 1 aromatic heterocycles. The normalized spacial score (nSPS) is 16.3. The predicted molar refractivity (Wildman–Crippen MR) is 165 cm³/mol. The molecule has 9 heteroatoms. The topological polar surface area (TPSA) is 98.2 Å². The van der Waals surface area contributed by atoms with E-state index < -0.39 is 17.7 Å². The van der Waals surface area contributed by atoms with Gasteiger partial charge in [-0.1, -0.05) is 60.6 Å². The maximum absolute atomic E-state index is 13.7. The number of aryl methyl sites for hydroxylation is 1. The van der Waals surface area contributed by atoms with Crippen LogP contribution in [0.5, 0.6) is 17.2 Å². The number of aromatic nitrogens is 1. The van der Waals surface area contributed by atoms with Crippen LogP contribution in [0.15, 0.2) is 66.2 Å². The average Bonchev–Trinajstić information content (AvgIpc) is 3.51. The van der Waals surface area contributed by atoms with Crippen LogP contribution >= 0.6 is 11.3 Å². The van der Waals surface area contributed by atoms with Gasteiger partial charge in [-0.3, -0.25) is 14.5 Å². The number of anilines is 1. The van der Waals surface area contributed by atoms with Crippen LogP contribution in [-0.4, -0.2) is 41.6 Å². The van der Waals surface area contributed by atoms with Gasteiger partial charge in [-0.05, 0) is 63.1 Å². The molecule has 1 fully saturated rings. The molecule has 4 aromatic rings. The van der Waals surface area contributed by atoms with Gasteiger partial charge in [0, 0.05) is 5.56 Å². The second kappa shape index (κ2) is 12.7. The van der Waals surface area contributed by atoms with Gasteiger partial charge in [-0.2, -0.15) is 0 Å². The van der Waals surface area contributed by atoms with Crippen LogP contribution in [0.2, 0.25) is 0 Å². The van der Waals surface area contributed by atoms with E-state index in [-0.39, 0.29) is 11.3 Å². The summed E-state index contributed by atoms with van der Waals surface area (Å²) in [5, 5.41) is 11.8. The van der Waals surface area contributed by atoms with E-state index >= 15 is 0 Å². The van der Waals surface area contributed by atoms with Crippen LogP contribution in [-0.2, 0) is 9.59 Å². The summed E-state index contributed by atoms with van der Waals surface area (Å²) in [6.45, 7) is 9.27. The molecule has 0 bridgehead atoms. The number of nitrogens with zero attached hydrogens (tertiary/aromatic N) is 2. The third-order valence-electron chi connectivity index (χ3n) is 6.97. The molecule has 0 spiro atoms. The summed E-state index contributed by atoms with van der Waals surface area (Å²) < 4.78 is 18.3. The van der Waals surface area contributed by atoms with Crippen molar-refractivity contribution in [2.45, 2.75) is 46.6 Å². The van der Waals surface area contributed by atoms with E-state index in [1.165, 1.54) is 16.2 Å². The fraction of sp³-hybridized carbons (Fsp3) is 0.303. The van der Waals surface area contributed by atoms with Gasteiger partial charge in [0.2, 0.25) is 0 Å². The molecule has 3 aromatic carbocycles. The molecule has 5 rings (SSSR count). The summed E-state index contributed by atoms with van der Waals surface area (Å²) in [5.41, 5.74) is 2.69. The molecular weight excluding hydrogens is 552 g/mol.